The maximum atomic E-state index is 12.1. The molecule has 1 aromatic carbocycles. The lowest BCUT2D eigenvalue weighted by Crippen LogP contribution is -2.70. The number of amides is 2. The van der Waals surface area contributed by atoms with Crippen LogP contribution in [0.5, 0.6) is 5.75 Å². The number of hydrogen-bond acceptors (Lipinski definition) is 13. The van der Waals surface area contributed by atoms with Crippen LogP contribution in [0.4, 0.5) is 5.69 Å². The Bertz CT molecular complexity index is 980. The molecule has 0 aromatic heterocycles. The second-order valence-corrected chi connectivity index (χ2v) is 8.84. The molecule has 1 aromatic rings. The third-order valence-electron chi connectivity index (χ3n) is 6.07. The second kappa shape index (κ2) is 12.7. The maximum absolute atomic E-state index is 12.1. The molecule has 16 nitrogen and oxygen atoms in total. The molecule has 2 fully saturated rings. The number of nitro benzene ring substituents is 1. The van der Waals surface area contributed by atoms with E-state index in [2.05, 4.69) is 10.6 Å². The first kappa shape index (κ1) is 29.6. The molecule has 2 heterocycles. The van der Waals surface area contributed by atoms with E-state index in [-0.39, 0.29) is 11.4 Å². The minimum Gasteiger partial charge on any atom is -0.463 e. The van der Waals surface area contributed by atoms with Gasteiger partial charge in [-0.3, -0.25) is 19.7 Å². The van der Waals surface area contributed by atoms with Gasteiger partial charge in [0.15, 0.2) is 6.29 Å². The number of nitrogens with zero attached hydrogens (tertiary/aromatic N) is 1. The maximum Gasteiger partial charge on any atom is 0.269 e. The molecule has 0 spiro atoms. The highest BCUT2D eigenvalue weighted by molar-refractivity contribution is 5.73. The van der Waals surface area contributed by atoms with Crippen molar-refractivity contribution in [2.45, 2.75) is 75.1 Å². The van der Waals surface area contributed by atoms with Gasteiger partial charge in [-0.2, -0.15) is 0 Å². The molecule has 7 N–H and O–H groups in total. The number of nitrogens with one attached hydrogen (secondary N) is 2. The third-order valence-corrected chi connectivity index (χ3v) is 6.07. The summed E-state index contributed by atoms with van der Waals surface area (Å²) >= 11 is 0. The SMILES string of the molecule is CC(=O)N[C@@H]1[C@H](O[C@@H]2[C@H](O)[C@H](CO)O[C@H](Oc3ccc([N+](=O)[O-])cc3)[C@@H]2NC(C)=O)O[C@H](CO)[C@@H](O)[C@@H]1O. The Morgan fingerprint density at radius 3 is 1.95 bits per heavy atom. The monoisotopic (exact) mass is 545 g/mol. The first-order chi connectivity index (χ1) is 18.0. The first-order valence-corrected chi connectivity index (χ1v) is 11.6. The molecular formula is C22H31N3O13. The topological polar surface area (TPSA) is 239 Å². The van der Waals surface area contributed by atoms with Crippen LogP contribution in [0.3, 0.4) is 0 Å². The highest BCUT2D eigenvalue weighted by atomic mass is 16.7. The van der Waals surface area contributed by atoms with Gasteiger partial charge in [0.1, 0.15) is 54.5 Å². The lowest BCUT2D eigenvalue weighted by Gasteiger charge is -2.48. The van der Waals surface area contributed by atoms with E-state index in [0.717, 1.165) is 6.92 Å². The summed E-state index contributed by atoms with van der Waals surface area (Å²) in [7, 11) is 0. The van der Waals surface area contributed by atoms with Crippen LogP contribution in [0.1, 0.15) is 13.8 Å². The minimum absolute atomic E-state index is 0.0895. The Kier molecular flexibility index (Phi) is 9.91. The molecule has 0 radical (unpaired) electrons. The average Bonchev–Trinajstić information content (AvgIpc) is 2.86. The smallest absolute Gasteiger partial charge is 0.269 e. The molecule has 2 amide bonds. The van der Waals surface area contributed by atoms with Gasteiger partial charge < -0.3 is 55.1 Å². The van der Waals surface area contributed by atoms with E-state index in [1.54, 1.807) is 0 Å². The van der Waals surface area contributed by atoms with Crippen molar-refractivity contribution in [3.63, 3.8) is 0 Å². The summed E-state index contributed by atoms with van der Waals surface area (Å²) in [6.07, 6.45) is -11.9. The quantitative estimate of drug-likeness (QED) is 0.120. The number of carbonyl (C=O) groups is 2. The molecule has 0 bridgehead atoms. The van der Waals surface area contributed by atoms with E-state index in [4.69, 9.17) is 18.9 Å². The zero-order valence-electron chi connectivity index (χ0n) is 20.4. The van der Waals surface area contributed by atoms with E-state index in [1.807, 2.05) is 0 Å². The number of aliphatic hydroxyl groups is 5. The van der Waals surface area contributed by atoms with Gasteiger partial charge in [0.25, 0.3) is 5.69 Å². The summed E-state index contributed by atoms with van der Waals surface area (Å²) in [4.78, 5) is 34.1. The molecule has 38 heavy (non-hydrogen) atoms. The molecular weight excluding hydrogens is 514 g/mol. The molecule has 0 aliphatic carbocycles. The molecule has 2 aliphatic heterocycles. The lowest BCUT2D eigenvalue weighted by molar-refractivity contribution is -0.384. The highest BCUT2D eigenvalue weighted by Crippen LogP contribution is 2.31. The average molecular weight is 545 g/mol. The summed E-state index contributed by atoms with van der Waals surface area (Å²) < 4.78 is 22.9. The van der Waals surface area contributed by atoms with Crippen molar-refractivity contribution in [3.8, 4) is 5.75 Å². The molecule has 212 valence electrons. The zero-order valence-corrected chi connectivity index (χ0v) is 20.4. The number of benzene rings is 1. The molecule has 0 unspecified atom stereocenters. The number of rotatable bonds is 9. The van der Waals surface area contributed by atoms with E-state index in [9.17, 15) is 45.2 Å². The Labute approximate surface area is 216 Å². The largest absolute Gasteiger partial charge is 0.463 e. The Morgan fingerprint density at radius 2 is 1.42 bits per heavy atom. The Hall–Kier alpha value is -2.96. The summed E-state index contributed by atoms with van der Waals surface area (Å²) in [6.45, 7) is 0.883. The van der Waals surface area contributed by atoms with Crippen molar-refractivity contribution in [1.82, 2.24) is 10.6 Å². The number of hydrogen-bond donors (Lipinski definition) is 7. The van der Waals surface area contributed by atoms with Gasteiger partial charge in [-0.05, 0) is 12.1 Å². The van der Waals surface area contributed by atoms with Crippen molar-refractivity contribution >= 4 is 17.5 Å². The summed E-state index contributed by atoms with van der Waals surface area (Å²) in [6, 6.07) is 2.27. The normalized spacial score (nSPS) is 35.2. The van der Waals surface area contributed by atoms with Gasteiger partial charge in [0, 0.05) is 26.0 Å². The summed E-state index contributed by atoms with van der Waals surface area (Å²) in [5, 5.41) is 67.0. The Morgan fingerprint density at radius 1 is 0.895 bits per heavy atom. The van der Waals surface area contributed by atoms with Crippen LogP contribution in [0.2, 0.25) is 0 Å². The summed E-state index contributed by atoms with van der Waals surface area (Å²) in [5.74, 6) is -1.11. The standard InChI is InChI=1S/C22H31N3O13/c1-9(28)23-15-19(32)17(30)13(7-26)36-21(15)38-20-16(24-10(2)29)22(37-14(8-27)18(20)31)35-12-5-3-11(4-6-12)25(33)34/h3-6,13-22,26-27,30-32H,7-8H2,1-2H3,(H,23,28)(H,24,29)/t13-,14+,15+,16-,17-,18-,19-,20+,21+,22+/m1/s1. The van der Waals surface area contributed by atoms with Gasteiger partial charge >= 0.3 is 0 Å². The van der Waals surface area contributed by atoms with Crippen molar-refractivity contribution in [3.05, 3.63) is 34.4 Å². The third kappa shape index (κ3) is 6.72. The van der Waals surface area contributed by atoms with Crippen LogP contribution in [0.15, 0.2) is 24.3 Å². The van der Waals surface area contributed by atoms with Crippen LogP contribution >= 0.6 is 0 Å². The van der Waals surface area contributed by atoms with Crippen molar-refractivity contribution < 1.29 is 59.0 Å². The summed E-state index contributed by atoms with van der Waals surface area (Å²) in [5.41, 5.74) is -0.206. The molecule has 3 rings (SSSR count). The van der Waals surface area contributed by atoms with Crippen molar-refractivity contribution in [1.29, 1.82) is 0 Å². The number of nitro groups is 1. The Balaban J connectivity index is 1.93. The van der Waals surface area contributed by atoms with Crippen LogP contribution in [0, 0.1) is 10.1 Å². The van der Waals surface area contributed by atoms with E-state index >= 15 is 0 Å². The second-order valence-electron chi connectivity index (χ2n) is 8.84. The van der Waals surface area contributed by atoms with Crippen LogP contribution < -0.4 is 15.4 Å². The highest BCUT2D eigenvalue weighted by Gasteiger charge is 2.52. The number of ether oxygens (including phenoxy) is 4. The van der Waals surface area contributed by atoms with Gasteiger partial charge in [-0.15, -0.1) is 0 Å². The van der Waals surface area contributed by atoms with Crippen LogP contribution in [0.25, 0.3) is 0 Å². The minimum atomic E-state index is -1.65. The van der Waals surface area contributed by atoms with E-state index in [0.29, 0.717) is 0 Å². The van der Waals surface area contributed by atoms with E-state index in [1.165, 1.54) is 31.2 Å². The number of carbonyl (C=O) groups excluding carboxylic acids is 2. The number of aliphatic hydroxyl groups excluding tert-OH is 5. The fourth-order valence-corrected chi connectivity index (χ4v) is 4.24. The lowest BCUT2D eigenvalue weighted by atomic mass is 9.94. The van der Waals surface area contributed by atoms with E-state index < -0.39 is 91.2 Å². The fourth-order valence-electron chi connectivity index (χ4n) is 4.24. The molecule has 2 aliphatic rings. The molecule has 10 atom stereocenters. The first-order valence-electron chi connectivity index (χ1n) is 11.6. The van der Waals surface area contributed by atoms with Crippen molar-refractivity contribution in [2.24, 2.45) is 0 Å². The van der Waals surface area contributed by atoms with Gasteiger partial charge in [-0.25, -0.2) is 0 Å². The number of non-ortho nitro benzene ring substituents is 1. The molecule has 0 saturated carbocycles. The predicted molar refractivity (Wildman–Crippen MR) is 123 cm³/mol. The van der Waals surface area contributed by atoms with Gasteiger partial charge in [-0.1, -0.05) is 0 Å². The van der Waals surface area contributed by atoms with Gasteiger partial charge in [0.05, 0.1) is 18.1 Å². The molecule has 16 heteroatoms. The van der Waals surface area contributed by atoms with Crippen LogP contribution in [-0.4, -0.2) is 117 Å². The predicted octanol–water partition coefficient (Wildman–Crippen LogP) is -3.11. The van der Waals surface area contributed by atoms with Crippen molar-refractivity contribution in [2.75, 3.05) is 13.2 Å². The fraction of sp³-hybridized carbons (Fsp3) is 0.636. The zero-order chi connectivity index (χ0) is 28.1. The van der Waals surface area contributed by atoms with Crippen LogP contribution in [-0.2, 0) is 23.8 Å². The molecule has 2 saturated heterocycles. The van der Waals surface area contributed by atoms with Gasteiger partial charge in [0.2, 0.25) is 18.1 Å².